The minimum Gasteiger partial charge on any atom is -0.465 e. The quantitative estimate of drug-likeness (QED) is 0.738. The molecule has 0 aliphatic carbocycles. The van der Waals surface area contributed by atoms with Gasteiger partial charge >= 0.3 is 5.97 Å². The van der Waals surface area contributed by atoms with Crippen LogP contribution in [-0.2, 0) is 17.8 Å². The van der Waals surface area contributed by atoms with Crippen LogP contribution in [0.1, 0.15) is 23.0 Å². The molecule has 0 fully saturated rings. The molecule has 6 nitrogen and oxygen atoms in total. The third-order valence-corrected chi connectivity index (χ3v) is 2.48. The van der Waals surface area contributed by atoms with Crippen molar-refractivity contribution in [3.8, 4) is 0 Å². The summed E-state index contributed by atoms with van der Waals surface area (Å²) in [5, 5.41) is 8.28. The van der Waals surface area contributed by atoms with E-state index in [1.807, 2.05) is 17.7 Å². The third kappa shape index (κ3) is 2.35. The highest BCUT2D eigenvalue weighted by Gasteiger charge is 2.09. The molecule has 0 N–H and O–H groups in total. The second kappa shape index (κ2) is 4.82. The molecule has 0 spiro atoms. The van der Waals surface area contributed by atoms with Crippen LogP contribution in [0, 0.1) is 0 Å². The Hall–Kier alpha value is -2.11. The zero-order chi connectivity index (χ0) is 12.3. The molecule has 0 aliphatic heterocycles. The number of aryl methyl sites for hydroxylation is 1. The number of carbonyl (C=O) groups is 1. The van der Waals surface area contributed by atoms with E-state index >= 15 is 0 Å². The van der Waals surface area contributed by atoms with Gasteiger partial charge in [-0.25, -0.2) is 4.79 Å². The van der Waals surface area contributed by atoms with Crippen LogP contribution in [0.2, 0.25) is 0 Å². The van der Waals surface area contributed by atoms with Crippen molar-refractivity contribution in [1.82, 2.24) is 19.6 Å². The van der Waals surface area contributed by atoms with Gasteiger partial charge in [-0.3, -0.25) is 9.36 Å². The molecule has 0 bridgehead atoms. The Morgan fingerprint density at radius 3 is 3.00 bits per heavy atom. The number of esters is 1. The van der Waals surface area contributed by atoms with Gasteiger partial charge in [0.2, 0.25) is 0 Å². The molecular formula is C11H14N4O2. The molecule has 0 aliphatic rings. The van der Waals surface area contributed by atoms with Gasteiger partial charge in [0.1, 0.15) is 0 Å². The fourth-order valence-corrected chi connectivity index (χ4v) is 1.62. The Labute approximate surface area is 98.8 Å². The Morgan fingerprint density at radius 1 is 1.47 bits per heavy atom. The Bertz CT molecular complexity index is 515. The number of ether oxygens (including phenoxy) is 1. The van der Waals surface area contributed by atoms with Gasteiger partial charge in [0, 0.05) is 18.9 Å². The first-order valence-corrected chi connectivity index (χ1v) is 5.36. The Morgan fingerprint density at radius 2 is 2.29 bits per heavy atom. The van der Waals surface area contributed by atoms with Crippen molar-refractivity contribution in [2.75, 3.05) is 7.11 Å². The van der Waals surface area contributed by atoms with E-state index in [1.165, 1.54) is 13.3 Å². The van der Waals surface area contributed by atoms with E-state index in [0.29, 0.717) is 12.1 Å². The molecule has 0 aromatic carbocycles. The standard InChI is InChI=1S/C11H14N4O2/c1-3-15-10(4-5-12-15)8-14-7-9(6-13-14)11(16)17-2/h4-7H,3,8H2,1-2H3. The van der Waals surface area contributed by atoms with Gasteiger partial charge < -0.3 is 4.74 Å². The molecular weight excluding hydrogens is 220 g/mol. The van der Waals surface area contributed by atoms with Crippen LogP contribution in [0.5, 0.6) is 0 Å². The van der Waals surface area contributed by atoms with Gasteiger partial charge in [0.05, 0.1) is 31.1 Å². The monoisotopic (exact) mass is 234 g/mol. The van der Waals surface area contributed by atoms with Gasteiger partial charge in [-0.15, -0.1) is 0 Å². The summed E-state index contributed by atoms with van der Waals surface area (Å²) in [5.74, 6) is -0.375. The fourth-order valence-electron chi connectivity index (χ4n) is 1.62. The number of nitrogens with zero attached hydrogens (tertiary/aromatic N) is 4. The minimum absolute atomic E-state index is 0.375. The SMILES string of the molecule is CCn1nccc1Cn1cc(C(=O)OC)cn1. The number of carbonyl (C=O) groups excluding carboxylic acids is 1. The molecule has 0 radical (unpaired) electrons. The maximum Gasteiger partial charge on any atom is 0.341 e. The molecule has 0 unspecified atom stereocenters. The summed E-state index contributed by atoms with van der Waals surface area (Å²) < 4.78 is 8.20. The number of hydrogen-bond donors (Lipinski definition) is 0. The van der Waals surface area contributed by atoms with E-state index in [4.69, 9.17) is 0 Å². The van der Waals surface area contributed by atoms with Crippen molar-refractivity contribution in [3.05, 3.63) is 35.9 Å². The van der Waals surface area contributed by atoms with Crippen molar-refractivity contribution in [2.24, 2.45) is 0 Å². The lowest BCUT2D eigenvalue weighted by Gasteiger charge is -2.04. The highest BCUT2D eigenvalue weighted by molar-refractivity contribution is 5.88. The number of rotatable bonds is 4. The van der Waals surface area contributed by atoms with Crippen LogP contribution in [0.4, 0.5) is 0 Å². The van der Waals surface area contributed by atoms with Crippen LogP contribution < -0.4 is 0 Å². The van der Waals surface area contributed by atoms with Crippen molar-refractivity contribution in [2.45, 2.75) is 20.0 Å². The second-order valence-corrected chi connectivity index (χ2v) is 3.56. The summed E-state index contributed by atoms with van der Waals surface area (Å²) in [6, 6.07) is 1.93. The van der Waals surface area contributed by atoms with Crippen LogP contribution in [-0.4, -0.2) is 32.6 Å². The van der Waals surface area contributed by atoms with Gasteiger partial charge in [-0.1, -0.05) is 0 Å². The number of aromatic nitrogens is 4. The van der Waals surface area contributed by atoms with E-state index in [-0.39, 0.29) is 5.97 Å². The van der Waals surface area contributed by atoms with Gasteiger partial charge in [-0.2, -0.15) is 10.2 Å². The van der Waals surface area contributed by atoms with Crippen LogP contribution in [0.15, 0.2) is 24.7 Å². The molecule has 0 atom stereocenters. The van der Waals surface area contributed by atoms with E-state index < -0.39 is 0 Å². The summed E-state index contributed by atoms with van der Waals surface area (Å²) in [7, 11) is 1.35. The molecule has 2 aromatic heterocycles. The van der Waals surface area contributed by atoms with Crippen LogP contribution in [0.25, 0.3) is 0 Å². The lowest BCUT2D eigenvalue weighted by molar-refractivity contribution is 0.0600. The predicted octanol–water partition coefficient (Wildman–Crippen LogP) is 0.934. The molecule has 2 rings (SSSR count). The average molecular weight is 234 g/mol. The molecule has 2 heterocycles. The average Bonchev–Trinajstić information content (AvgIpc) is 2.97. The molecule has 90 valence electrons. The fraction of sp³-hybridized carbons (Fsp3) is 0.364. The first-order valence-electron chi connectivity index (χ1n) is 5.36. The van der Waals surface area contributed by atoms with E-state index in [9.17, 15) is 4.79 Å². The van der Waals surface area contributed by atoms with Gasteiger partial charge in [0.25, 0.3) is 0 Å². The van der Waals surface area contributed by atoms with Crippen molar-refractivity contribution < 1.29 is 9.53 Å². The van der Waals surface area contributed by atoms with E-state index in [2.05, 4.69) is 14.9 Å². The largest absolute Gasteiger partial charge is 0.465 e. The first kappa shape index (κ1) is 11.4. The van der Waals surface area contributed by atoms with Gasteiger partial charge in [0.15, 0.2) is 0 Å². The topological polar surface area (TPSA) is 61.9 Å². The zero-order valence-corrected chi connectivity index (χ0v) is 9.83. The molecule has 6 heteroatoms. The first-order chi connectivity index (χ1) is 8.24. The van der Waals surface area contributed by atoms with Crippen LogP contribution >= 0.6 is 0 Å². The number of methoxy groups -OCH3 is 1. The smallest absolute Gasteiger partial charge is 0.341 e. The van der Waals surface area contributed by atoms with Crippen molar-refractivity contribution in [3.63, 3.8) is 0 Å². The molecule has 0 saturated heterocycles. The highest BCUT2D eigenvalue weighted by atomic mass is 16.5. The summed E-state index contributed by atoms with van der Waals surface area (Å²) in [5.41, 5.74) is 1.50. The molecule has 0 amide bonds. The van der Waals surface area contributed by atoms with Crippen molar-refractivity contribution >= 4 is 5.97 Å². The minimum atomic E-state index is -0.375. The van der Waals surface area contributed by atoms with Gasteiger partial charge in [-0.05, 0) is 13.0 Å². The second-order valence-electron chi connectivity index (χ2n) is 3.56. The normalized spacial score (nSPS) is 10.5. The lowest BCUT2D eigenvalue weighted by Crippen LogP contribution is -2.08. The summed E-state index contributed by atoms with van der Waals surface area (Å²) in [6.07, 6.45) is 4.92. The molecule has 2 aromatic rings. The van der Waals surface area contributed by atoms with E-state index in [0.717, 1.165) is 12.2 Å². The zero-order valence-electron chi connectivity index (χ0n) is 9.83. The molecule has 17 heavy (non-hydrogen) atoms. The predicted molar refractivity (Wildman–Crippen MR) is 60.6 cm³/mol. The molecule has 0 saturated carbocycles. The third-order valence-electron chi connectivity index (χ3n) is 2.48. The Kier molecular flexibility index (Phi) is 3.22. The summed E-state index contributed by atoms with van der Waals surface area (Å²) >= 11 is 0. The van der Waals surface area contributed by atoms with Crippen molar-refractivity contribution in [1.29, 1.82) is 0 Å². The van der Waals surface area contributed by atoms with E-state index in [1.54, 1.807) is 17.1 Å². The Balaban J connectivity index is 2.14. The highest BCUT2D eigenvalue weighted by Crippen LogP contribution is 2.05. The maximum absolute atomic E-state index is 11.3. The van der Waals surface area contributed by atoms with Crippen LogP contribution in [0.3, 0.4) is 0 Å². The maximum atomic E-state index is 11.3. The lowest BCUT2D eigenvalue weighted by atomic mass is 10.4. The summed E-state index contributed by atoms with van der Waals surface area (Å²) in [6.45, 7) is 3.43. The number of hydrogen-bond acceptors (Lipinski definition) is 4. The summed E-state index contributed by atoms with van der Waals surface area (Å²) in [4.78, 5) is 11.3.